The predicted molar refractivity (Wildman–Crippen MR) is 163 cm³/mol. The van der Waals surface area contributed by atoms with Gasteiger partial charge in [-0.2, -0.15) is 38.0 Å². The summed E-state index contributed by atoms with van der Waals surface area (Å²) in [5.41, 5.74) is 4.49. The smallest absolute Gasteiger partial charge is 0.846 e. The fourth-order valence-electron chi connectivity index (χ4n) is 3.56. The number of azo groups is 2. The summed E-state index contributed by atoms with van der Waals surface area (Å²) in [6.07, 6.45) is -1.33. The van der Waals surface area contributed by atoms with Gasteiger partial charge in [0.05, 0.1) is 49.5 Å². The van der Waals surface area contributed by atoms with Crippen molar-refractivity contribution in [2.45, 2.75) is 9.79 Å². The third kappa shape index (κ3) is 15.0. The second-order valence-electron chi connectivity index (χ2n) is 9.19. The van der Waals surface area contributed by atoms with Gasteiger partial charge in [0.2, 0.25) is 11.9 Å². The second kappa shape index (κ2) is 20.2. The molecule has 1 aromatic heterocycles. The number of hydrogen-bond acceptors (Lipinski definition) is 19. The zero-order valence-corrected chi connectivity index (χ0v) is 35.5. The number of aliphatic imine (C=N–C) groups is 1. The number of aromatic nitrogens is 3. The molecule has 4 aromatic rings. The summed E-state index contributed by atoms with van der Waals surface area (Å²) in [4.78, 5) is 13.0. The molecule has 52 heavy (non-hydrogen) atoms. The minimum absolute atomic E-state index is 0. The van der Waals surface area contributed by atoms with E-state index in [0.29, 0.717) is 0 Å². The Morgan fingerprint density at radius 2 is 1.33 bits per heavy atom. The molecule has 21 nitrogen and oxygen atoms in total. The van der Waals surface area contributed by atoms with E-state index in [9.17, 15) is 48.4 Å². The molecule has 0 radical (unpaired) electrons. The SMILES string of the molecule is NC([O-])=Nc1ccc(N=Nc2ccc(N=Nc3ccc(S(=O)(=O)[O-])cc3)cc2S(=O)(=O)O)c(Nc2nc(F)nc(NCCS(=O)(=O)[O-])n2)c1.[Na+].[Na+].[Na+]. The van der Waals surface area contributed by atoms with E-state index in [-0.39, 0.29) is 117 Å². The molecule has 3 aromatic carbocycles. The molecule has 0 aliphatic rings. The van der Waals surface area contributed by atoms with Crippen LogP contribution in [0.15, 0.2) is 95.9 Å². The molecule has 0 saturated heterocycles. The first-order valence-electron chi connectivity index (χ1n) is 12.9. The number of nitrogens with zero attached hydrogens (tertiary/aromatic N) is 8. The Labute approximate surface area is 361 Å². The van der Waals surface area contributed by atoms with E-state index in [4.69, 9.17) is 5.73 Å². The normalized spacial score (nSPS) is 12.1. The molecule has 0 spiro atoms. The van der Waals surface area contributed by atoms with Gasteiger partial charge >= 0.3 is 94.8 Å². The molecule has 0 unspecified atom stereocenters. The minimum Gasteiger partial charge on any atom is -0.846 e. The monoisotopic (exact) mass is 805 g/mol. The fourth-order valence-corrected chi connectivity index (χ4v) is 5.02. The maximum Gasteiger partial charge on any atom is 1.00 e. The maximum atomic E-state index is 14.1. The first-order chi connectivity index (χ1) is 22.9. The fraction of sp³-hybridized carbons (Fsp3) is 0.0833. The van der Waals surface area contributed by atoms with Gasteiger partial charge in [0.15, 0.2) is 0 Å². The van der Waals surface area contributed by atoms with Gasteiger partial charge in [0, 0.05) is 6.54 Å². The van der Waals surface area contributed by atoms with Crippen molar-refractivity contribution < 1.29 is 137 Å². The van der Waals surface area contributed by atoms with Gasteiger partial charge in [-0.15, -0.1) is 10.2 Å². The summed E-state index contributed by atoms with van der Waals surface area (Å²) in [7, 11) is -14.2. The van der Waals surface area contributed by atoms with E-state index in [1.807, 2.05) is 0 Å². The van der Waals surface area contributed by atoms with E-state index in [2.05, 4.69) is 51.0 Å². The molecule has 0 aliphatic carbocycles. The van der Waals surface area contributed by atoms with Crippen LogP contribution in [0.3, 0.4) is 0 Å². The van der Waals surface area contributed by atoms with Gasteiger partial charge < -0.3 is 30.6 Å². The Morgan fingerprint density at radius 3 is 1.92 bits per heavy atom. The number of rotatable bonds is 13. The molecule has 1 heterocycles. The van der Waals surface area contributed by atoms with Crippen molar-refractivity contribution in [3.05, 3.63) is 66.7 Å². The van der Waals surface area contributed by atoms with Crippen LogP contribution in [0.5, 0.6) is 0 Å². The average Bonchev–Trinajstić information content (AvgIpc) is 2.98. The molecule has 0 saturated carbocycles. The second-order valence-corrected chi connectivity index (χ2v) is 13.5. The molecule has 0 amide bonds. The van der Waals surface area contributed by atoms with E-state index < -0.39 is 82.1 Å². The van der Waals surface area contributed by atoms with Crippen LogP contribution >= 0.6 is 0 Å². The van der Waals surface area contributed by atoms with Crippen LogP contribution < -0.4 is 110 Å². The zero-order valence-electron chi connectivity index (χ0n) is 27.1. The van der Waals surface area contributed by atoms with Crippen molar-refractivity contribution in [3.63, 3.8) is 0 Å². The number of anilines is 3. The van der Waals surface area contributed by atoms with Gasteiger partial charge in [-0.1, -0.05) is 0 Å². The van der Waals surface area contributed by atoms with Crippen molar-refractivity contribution >= 4 is 82.4 Å². The minimum atomic E-state index is -4.94. The Kier molecular flexibility index (Phi) is 18.4. The van der Waals surface area contributed by atoms with Crippen LogP contribution in [0.2, 0.25) is 0 Å². The van der Waals surface area contributed by atoms with Gasteiger partial charge in [-0.3, -0.25) is 4.55 Å². The quantitative estimate of drug-likeness (QED) is 0.0321. The number of nitrogens with two attached hydrogens (primary N) is 1. The van der Waals surface area contributed by atoms with Crippen LogP contribution in [-0.2, 0) is 30.4 Å². The number of halogens is 1. The summed E-state index contributed by atoms with van der Waals surface area (Å²) < 4.78 is 114. The van der Waals surface area contributed by atoms with Gasteiger partial charge in [-0.05, 0) is 60.7 Å². The predicted octanol–water partition coefficient (Wildman–Crippen LogP) is -6.99. The third-order valence-electron chi connectivity index (χ3n) is 5.60. The summed E-state index contributed by atoms with van der Waals surface area (Å²) in [6.45, 7) is -0.459. The van der Waals surface area contributed by atoms with Crippen LogP contribution in [-0.4, -0.2) is 72.2 Å². The van der Waals surface area contributed by atoms with E-state index >= 15 is 0 Å². The summed E-state index contributed by atoms with van der Waals surface area (Å²) in [5.74, 6) is -1.79. The van der Waals surface area contributed by atoms with Crippen molar-refractivity contribution in [3.8, 4) is 0 Å². The van der Waals surface area contributed by atoms with Crippen LogP contribution in [0.1, 0.15) is 0 Å². The van der Waals surface area contributed by atoms with Crippen molar-refractivity contribution in [1.29, 1.82) is 0 Å². The average molecular weight is 806 g/mol. The van der Waals surface area contributed by atoms with Gasteiger partial charge in [0.25, 0.3) is 10.1 Å². The van der Waals surface area contributed by atoms with Crippen molar-refractivity contribution in [2.24, 2.45) is 31.2 Å². The van der Waals surface area contributed by atoms with Crippen LogP contribution in [0.4, 0.5) is 50.4 Å². The summed E-state index contributed by atoms with van der Waals surface area (Å²) >= 11 is 0. The molecule has 5 N–H and O–H groups in total. The molecule has 0 bridgehead atoms. The standard InChI is InChI=1S/C24H22FN11O10S3.3Na/c25-21-30-23(27-9-10-47(38,39)40)32-24(31-21)29-19-11-14(28-22(26)37)3-7-17(19)35-36-18-8-4-15(12-20(18)49(44,45)46)34-33-13-1-5-16(6-2-13)48(41,42)43;;;/h1-8,11-12H,9-10H2,(H3,26,28,37)(H,38,39,40)(H,41,42,43)(H,44,45,46)(H2,27,29,30,31,32);;;/q;3*+1/p-3. The molecule has 0 aliphatic heterocycles. The Morgan fingerprint density at radius 1 is 0.769 bits per heavy atom. The van der Waals surface area contributed by atoms with Crippen molar-refractivity contribution in [1.82, 2.24) is 15.0 Å². The Balaban J connectivity index is 0.00000451. The van der Waals surface area contributed by atoms with E-state index in [1.165, 1.54) is 36.4 Å². The number of hydrogen-bond donors (Lipinski definition) is 4. The molecule has 4 rings (SSSR count). The van der Waals surface area contributed by atoms with Gasteiger partial charge in [-0.25, -0.2) is 21.8 Å². The van der Waals surface area contributed by atoms with E-state index in [1.54, 1.807) is 0 Å². The first-order valence-corrected chi connectivity index (χ1v) is 17.3. The molecule has 0 atom stereocenters. The third-order valence-corrected chi connectivity index (χ3v) is 8.04. The Bertz CT molecular complexity index is 2320. The van der Waals surface area contributed by atoms with Crippen molar-refractivity contribution in [2.75, 3.05) is 22.9 Å². The van der Waals surface area contributed by atoms with E-state index in [0.717, 1.165) is 24.3 Å². The topological polar surface area (TPSA) is 342 Å². The summed E-state index contributed by atoms with van der Waals surface area (Å²) in [6, 6.07) is 10.2. The first kappa shape index (κ1) is 47.4. The number of benzene rings is 3. The maximum absolute atomic E-state index is 14.1. The zero-order chi connectivity index (χ0) is 36.0. The Hall–Kier alpha value is -2.60. The molecular formula is C24H19FN11Na3O10S3. The molecule has 0 fully saturated rings. The molecule has 28 heteroatoms. The number of amidine groups is 1. The van der Waals surface area contributed by atoms with Gasteiger partial charge in [0.1, 0.15) is 26.4 Å². The molecule has 258 valence electrons. The van der Waals surface area contributed by atoms with Crippen LogP contribution in [0.25, 0.3) is 0 Å². The molecular weight excluding hydrogens is 787 g/mol. The van der Waals surface area contributed by atoms with Crippen LogP contribution in [0, 0.1) is 6.08 Å². The largest absolute Gasteiger partial charge is 1.00 e. The number of nitrogens with one attached hydrogen (secondary N) is 2. The summed E-state index contributed by atoms with van der Waals surface area (Å²) in [5, 5.41) is 31.7.